The molecular formula is C13H19N3O3. The van der Waals surface area contributed by atoms with E-state index < -0.39 is 11.5 Å². The maximum atomic E-state index is 12.6. The lowest BCUT2D eigenvalue weighted by Gasteiger charge is -2.41. The molecule has 104 valence electrons. The minimum Gasteiger partial charge on any atom is -0.480 e. The van der Waals surface area contributed by atoms with Crippen molar-refractivity contribution < 1.29 is 14.7 Å². The van der Waals surface area contributed by atoms with Gasteiger partial charge in [0, 0.05) is 13.6 Å². The van der Waals surface area contributed by atoms with Crippen LogP contribution in [0.2, 0.25) is 0 Å². The average molecular weight is 265 g/mol. The van der Waals surface area contributed by atoms with Gasteiger partial charge in [-0.3, -0.25) is 9.48 Å². The molecule has 2 rings (SSSR count). The second kappa shape index (κ2) is 4.68. The van der Waals surface area contributed by atoms with E-state index in [1.807, 2.05) is 6.92 Å². The molecule has 1 saturated heterocycles. The Morgan fingerprint density at radius 2 is 2.11 bits per heavy atom. The molecule has 0 aliphatic carbocycles. The molecule has 1 aromatic rings. The van der Waals surface area contributed by atoms with Gasteiger partial charge in [-0.05, 0) is 39.2 Å². The van der Waals surface area contributed by atoms with Crippen LogP contribution in [0.5, 0.6) is 0 Å². The molecule has 1 atom stereocenters. The number of piperidine rings is 1. The first-order chi connectivity index (χ1) is 8.86. The van der Waals surface area contributed by atoms with Crippen LogP contribution in [0.25, 0.3) is 0 Å². The van der Waals surface area contributed by atoms with Crippen LogP contribution in [-0.4, -0.2) is 43.7 Å². The molecule has 0 bridgehead atoms. The molecule has 1 unspecified atom stereocenters. The number of aliphatic carboxylic acids is 1. The number of aromatic nitrogens is 2. The first-order valence-corrected chi connectivity index (χ1v) is 6.42. The van der Waals surface area contributed by atoms with E-state index in [0.29, 0.717) is 18.7 Å². The van der Waals surface area contributed by atoms with Gasteiger partial charge in [0.25, 0.3) is 5.91 Å². The number of amides is 1. The number of nitrogens with zero attached hydrogens (tertiary/aromatic N) is 3. The molecule has 1 aliphatic heterocycles. The summed E-state index contributed by atoms with van der Waals surface area (Å²) in [5.41, 5.74) is 0.0693. The summed E-state index contributed by atoms with van der Waals surface area (Å²) < 4.78 is 1.51. The van der Waals surface area contributed by atoms with Crippen LogP contribution in [0, 0.1) is 6.92 Å². The van der Waals surface area contributed by atoms with Crippen LogP contribution in [0.3, 0.4) is 0 Å². The Hall–Kier alpha value is -1.85. The maximum absolute atomic E-state index is 12.6. The number of carbonyl (C=O) groups excluding carboxylic acids is 1. The molecule has 1 N–H and O–H groups in total. The fourth-order valence-electron chi connectivity index (χ4n) is 2.62. The third-order valence-corrected chi connectivity index (χ3v) is 3.82. The third kappa shape index (κ3) is 2.22. The summed E-state index contributed by atoms with van der Waals surface area (Å²) >= 11 is 0. The van der Waals surface area contributed by atoms with Gasteiger partial charge in [-0.25, -0.2) is 4.79 Å². The largest absolute Gasteiger partial charge is 0.480 e. The fourth-order valence-corrected chi connectivity index (χ4v) is 2.62. The van der Waals surface area contributed by atoms with Crippen LogP contribution in [0.15, 0.2) is 6.07 Å². The summed E-state index contributed by atoms with van der Waals surface area (Å²) in [5, 5.41) is 13.6. The van der Waals surface area contributed by atoms with E-state index in [-0.39, 0.29) is 5.91 Å². The fraction of sp³-hybridized carbons (Fsp3) is 0.615. The molecular weight excluding hydrogens is 246 g/mol. The van der Waals surface area contributed by atoms with E-state index in [1.165, 1.54) is 9.58 Å². The molecule has 1 amide bonds. The molecule has 1 aliphatic rings. The number of carbonyl (C=O) groups is 2. The molecule has 19 heavy (non-hydrogen) atoms. The van der Waals surface area contributed by atoms with E-state index >= 15 is 0 Å². The van der Waals surface area contributed by atoms with E-state index in [2.05, 4.69) is 5.10 Å². The molecule has 2 heterocycles. The van der Waals surface area contributed by atoms with Crippen molar-refractivity contribution >= 4 is 11.9 Å². The summed E-state index contributed by atoms with van der Waals surface area (Å²) in [6.45, 7) is 3.91. The van der Waals surface area contributed by atoms with Crippen molar-refractivity contribution in [3.63, 3.8) is 0 Å². The molecule has 0 aromatic carbocycles. The first kappa shape index (κ1) is 13.6. The van der Waals surface area contributed by atoms with Crippen LogP contribution >= 0.6 is 0 Å². The highest BCUT2D eigenvalue weighted by Gasteiger charge is 2.44. The lowest BCUT2D eigenvalue weighted by molar-refractivity contribution is -0.150. The maximum Gasteiger partial charge on any atom is 0.329 e. The Bertz CT molecular complexity index is 523. The standard InChI is InChI=1S/C13H19N3O3/c1-9-8-10(15(3)14-9)11(17)16-7-5-4-6-13(16,2)12(18)19/h8H,4-7H2,1-3H3,(H,18,19). The summed E-state index contributed by atoms with van der Waals surface area (Å²) in [6, 6.07) is 1.69. The second-order valence-electron chi connectivity index (χ2n) is 5.29. The molecule has 0 radical (unpaired) electrons. The predicted octanol–water partition coefficient (Wildman–Crippen LogP) is 1.20. The number of carboxylic acids is 1. The topological polar surface area (TPSA) is 75.4 Å². The van der Waals surface area contributed by atoms with Crippen LogP contribution < -0.4 is 0 Å². The Balaban J connectivity index is 2.36. The SMILES string of the molecule is Cc1cc(C(=O)N2CCCCC2(C)C(=O)O)n(C)n1. The van der Waals surface area contributed by atoms with Gasteiger partial charge in [0.1, 0.15) is 11.2 Å². The zero-order chi connectivity index (χ0) is 14.2. The Morgan fingerprint density at radius 3 is 2.63 bits per heavy atom. The molecule has 0 saturated carbocycles. The highest BCUT2D eigenvalue weighted by atomic mass is 16.4. The Kier molecular flexibility index (Phi) is 3.34. The van der Waals surface area contributed by atoms with Crippen molar-refractivity contribution in [2.24, 2.45) is 7.05 Å². The number of likely N-dealkylation sites (tertiary alicyclic amines) is 1. The van der Waals surface area contributed by atoms with Gasteiger partial charge < -0.3 is 10.0 Å². The zero-order valence-electron chi connectivity index (χ0n) is 11.5. The van der Waals surface area contributed by atoms with Crippen molar-refractivity contribution in [2.75, 3.05) is 6.54 Å². The summed E-state index contributed by atoms with van der Waals surface area (Å²) in [6.07, 6.45) is 2.16. The van der Waals surface area contributed by atoms with Crippen molar-refractivity contribution in [3.8, 4) is 0 Å². The number of hydrogen-bond acceptors (Lipinski definition) is 3. The van der Waals surface area contributed by atoms with Crippen LogP contribution in [0.1, 0.15) is 42.4 Å². The summed E-state index contributed by atoms with van der Waals surface area (Å²) in [7, 11) is 1.70. The van der Waals surface area contributed by atoms with Gasteiger partial charge in [-0.1, -0.05) is 0 Å². The van der Waals surface area contributed by atoms with E-state index in [4.69, 9.17) is 0 Å². The average Bonchev–Trinajstić information content (AvgIpc) is 2.68. The number of carboxylic acid groups (broad SMARTS) is 1. The molecule has 1 aromatic heterocycles. The van der Waals surface area contributed by atoms with Crippen molar-refractivity contribution in [1.29, 1.82) is 0 Å². The molecule has 0 spiro atoms. The summed E-state index contributed by atoms with van der Waals surface area (Å²) in [4.78, 5) is 25.5. The lowest BCUT2D eigenvalue weighted by atomic mass is 9.88. The van der Waals surface area contributed by atoms with E-state index in [1.54, 1.807) is 20.0 Å². The van der Waals surface area contributed by atoms with Gasteiger partial charge in [0.15, 0.2) is 0 Å². The van der Waals surface area contributed by atoms with Gasteiger partial charge in [0.05, 0.1) is 5.69 Å². The first-order valence-electron chi connectivity index (χ1n) is 6.42. The minimum atomic E-state index is -1.12. The Morgan fingerprint density at radius 1 is 1.42 bits per heavy atom. The monoisotopic (exact) mass is 265 g/mol. The predicted molar refractivity (Wildman–Crippen MR) is 68.9 cm³/mol. The van der Waals surface area contributed by atoms with Gasteiger partial charge >= 0.3 is 5.97 Å². The third-order valence-electron chi connectivity index (χ3n) is 3.82. The van der Waals surface area contributed by atoms with E-state index in [9.17, 15) is 14.7 Å². The second-order valence-corrected chi connectivity index (χ2v) is 5.29. The number of aryl methyl sites for hydroxylation is 2. The molecule has 6 nitrogen and oxygen atoms in total. The smallest absolute Gasteiger partial charge is 0.329 e. The number of hydrogen-bond donors (Lipinski definition) is 1. The lowest BCUT2D eigenvalue weighted by Crippen LogP contribution is -2.57. The van der Waals surface area contributed by atoms with Crippen molar-refractivity contribution in [2.45, 2.75) is 38.6 Å². The highest BCUT2D eigenvalue weighted by molar-refractivity contribution is 5.96. The highest BCUT2D eigenvalue weighted by Crippen LogP contribution is 2.29. The molecule has 6 heteroatoms. The van der Waals surface area contributed by atoms with Crippen LogP contribution in [-0.2, 0) is 11.8 Å². The normalized spacial score (nSPS) is 23.4. The van der Waals surface area contributed by atoms with E-state index in [0.717, 1.165) is 18.5 Å². The Labute approximate surface area is 112 Å². The summed E-state index contributed by atoms with van der Waals surface area (Å²) in [5.74, 6) is -1.20. The van der Waals surface area contributed by atoms with Gasteiger partial charge in [-0.2, -0.15) is 5.10 Å². The molecule has 1 fully saturated rings. The zero-order valence-corrected chi connectivity index (χ0v) is 11.5. The van der Waals surface area contributed by atoms with Gasteiger partial charge in [0.2, 0.25) is 0 Å². The van der Waals surface area contributed by atoms with Crippen LogP contribution in [0.4, 0.5) is 0 Å². The minimum absolute atomic E-state index is 0.257. The van der Waals surface area contributed by atoms with Crippen molar-refractivity contribution in [1.82, 2.24) is 14.7 Å². The van der Waals surface area contributed by atoms with Gasteiger partial charge in [-0.15, -0.1) is 0 Å². The number of rotatable bonds is 2. The quantitative estimate of drug-likeness (QED) is 0.871. The van der Waals surface area contributed by atoms with Crippen molar-refractivity contribution in [3.05, 3.63) is 17.5 Å².